The molecule has 2 rings (SSSR count). The van der Waals surface area contributed by atoms with Crippen molar-refractivity contribution in [2.24, 2.45) is 5.73 Å². The van der Waals surface area contributed by atoms with Gasteiger partial charge in [-0.1, -0.05) is 12.1 Å². The number of esters is 1. The highest BCUT2D eigenvalue weighted by Gasteiger charge is 2.14. The summed E-state index contributed by atoms with van der Waals surface area (Å²) in [4.78, 5) is 15.7. The lowest BCUT2D eigenvalue weighted by Crippen LogP contribution is -2.34. The molecule has 2 aromatic rings. The monoisotopic (exact) mass is 290 g/mol. The average Bonchev–Trinajstić information content (AvgIpc) is 2.47. The zero-order valence-corrected chi connectivity index (χ0v) is 12.2. The Labute approximate surface area is 122 Å². The molecule has 106 valence electrons. The van der Waals surface area contributed by atoms with E-state index in [1.807, 2.05) is 18.2 Å². The van der Waals surface area contributed by atoms with Crippen molar-refractivity contribution >= 4 is 28.6 Å². The van der Waals surface area contributed by atoms with Crippen LogP contribution in [0.1, 0.15) is 12.5 Å². The van der Waals surface area contributed by atoms with Gasteiger partial charge in [-0.15, -0.1) is 0 Å². The summed E-state index contributed by atoms with van der Waals surface area (Å²) in [6, 6.07) is 9.60. The van der Waals surface area contributed by atoms with Crippen molar-refractivity contribution < 1.29 is 9.53 Å². The van der Waals surface area contributed by atoms with Gasteiger partial charge in [-0.05, 0) is 30.7 Å². The summed E-state index contributed by atoms with van der Waals surface area (Å²) >= 11 is 1.63. The van der Waals surface area contributed by atoms with Crippen molar-refractivity contribution in [3.8, 4) is 0 Å². The first-order chi connectivity index (χ1) is 9.70. The van der Waals surface area contributed by atoms with Crippen LogP contribution in [0.25, 0.3) is 10.9 Å². The van der Waals surface area contributed by atoms with E-state index in [0.717, 1.165) is 16.7 Å². The molecule has 1 atom stereocenters. The number of hydrogen-bond acceptors (Lipinski definition) is 5. The summed E-state index contributed by atoms with van der Waals surface area (Å²) in [5.74, 6) is 1.05. The number of carbonyl (C=O) groups excluding carboxylic acids is 1. The number of benzene rings is 1. The molecule has 0 saturated heterocycles. The maximum atomic E-state index is 11.4. The molecule has 1 aromatic heterocycles. The Morgan fingerprint density at radius 2 is 2.30 bits per heavy atom. The van der Waals surface area contributed by atoms with Crippen LogP contribution in [0, 0.1) is 0 Å². The van der Waals surface area contributed by atoms with E-state index in [9.17, 15) is 4.79 Å². The van der Waals surface area contributed by atoms with Gasteiger partial charge in [0.05, 0.1) is 12.1 Å². The third-order valence-electron chi connectivity index (χ3n) is 2.82. The van der Waals surface area contributed by atoms with E-state index in [1.54, 1.807) is 24.9 Å². The van der Waals surface area contributed by atoms with Crippen LogP contribution >= 0.6 is 11.8 Å². The van der Waals surface area contributed by atoms with Gasteiger partial charge in [0.15, 0.2) is 0 Å². The molecule has 0 fully saturated rings. The number of hydrogen-bond donors (Lipinski definition) is 1. The van der Waals surface area contributed by atoms with Crippen molar-refractivity contribution in [1.82, 2.24) is 4.98 Å². The summed E-state index contributed by atoms with van der Waals surface area (Å²) in [5, 5.41) is 1.13. The van der Waals surface area contributed by atoms with Gasteiger partial charge >= 0.3 is 5.97 Å². The molecule has 1 unspecified atom stereocenters. The molecule has 0 aliphatic rings. The fourth-order valence-corrected chi connectivity index (χ4v) is 2.76. The summed E-state index contributed by atoms with van der Waals surface area (Å²) < 4.78 is 4.88. The number of thioether (sulfide) groups is 1. The molecule has 0 aliphatic heterocycles. The lowest BCUT2D eigenvalue weighted by molar-refractivity contribution is -0.144. The number of aromatic nitrogens is 1. The first-order valence-corrected chi connectivity index (χ1v) is 7.70. The smallest absolute Gasteiger partial charge is 0.323 e. The Morgan fingerprint density at radius 1 is 1.45 bits per heavy atom. The quantitative estimate of drug-likeness (QED) is 0.827. The molecule has 20 heavy (non-hydrogen) atoms. The van der Waals surface area contributed by atoms with Gasteiger partial charge in [-0.2, -0.15) is 11.8 Å². The minimum atomic E-state index is -0.554. The fourth-order valence-electron chi connectivity index (χ4n) is 1.84. The average molecular weight is 290 g/mol. The number of carbonyl (C=O) groups is 1. The summed E-state index contributed by atoms with van der Waals surface area (Å²) in [7, 11) is 0. The predicted molar refractivity (Wildman–Crippen MR) is 82.5 cm³/mol. The fraction of sp³-hybridized carbons (Fsp3) is 0.333. The zero-order valence-electron chi connectivity index (χ0n) is 11.4. The minimum Gasteiger partial charge on any atom is -0.465 e. The van der Waals surface area contributed by atoms with E-state index in [0.29, 0.717) is 12.4 Å². The topological polar surface area (TPSA) is 65.2 Å². The van der Waals surface area contributed by atoms with Crippen LogP contribution in [0.5, 0.6) is 0 Å². The first-order valence-electron chi connectivity index (χ1n) is 6.54. The van der Waals surface area contributed by atoms with Crippen LogP contribution in [0.2, 0.25) is 0 Å². The van der Waals surface area contributed by atoms with Crippen LogP contribution in [-0.4, -0.2) is 29.4 Å². The summed E-state index contributed by atoms with van der Waals surface area (Å²) in [6.07, 6.45) is 1.79. The van der Waals surface area contributed by atoms with Crippen LogP contribution in [0.3, 0.4) is 0 Å². The molecule has 0 spiro atoms. The maximum Gasteiger partial charge on any atom is 0.323 e. The molecule has 1 aromatic carbocycles. The van der Waals surface area contributed by atoms with Crippen LogP contribution < -0.4 is 5.73 Å². The molecule has 5 heteroatoms. The second-order valence-corrected chi connectivity index (χ2v) is 5.43. The second kappa shape index (κ2) is 7.26. The third-order valence-corrected chi connectivity index (χ3v) is 3.96. The molecular formula is C15H18N2O2S. The first kappa shape index (κ1) is 14.8. The van der Waals surface area contributed by atoms with Crippen LogP contribution in [-0.2, 0) is 15.3 Å². The molecule has 4 nitrogen and oxygen atoms in total. The lowest BCUT2D eigenvalue weighted by Gasteiger charge is -2.10. The van der Waals surface area contributed by atoms with E-state index in [4.69, 9.17) is 10.5 Å². The summed E-state index contributed by atoms with van der Waals surface area (Å²) in [5.41, 5.74) is 7.94. The predicted octanol–water partition coefficient (Wildman–Crippen LogP) is 2.36. The Balaban J connectivity index is 1.88. The molecule has 0 radical (unpaired) electrons. The number of pyridine rings is 1. The number of nitrogens with zero attached hydrogens (tertiary/aromatic N) is 1. The van der Waals surface area contributed by atoms with Crippen molar-refractivity contribution in [2.75, 3.05) is 12.4 Å². The summed E-state index contributed by atoms with van der Waals surface area (Å²) in [6.45, 7) is 2.15. The van der Waals surface area contributed by atoms with Gasteiger partial charge < -0.3 is 10.5 Å². The highest BCUT2D eigenvalue weighted by molar-refractivity contribution is 7.98. The highest BCUT2D eigenvalue weighted by Crippen LogP contribution is 2.18. The van der Waals surface area contributed by atoms with Gasteiger partial charge in [-0.3, -0.25) is 9.78 Å². The van der Waals surface area contributed by atoms with Crippen molar-refractivity contribution in [3.05, 3.63) is 42.1 Å². The highest BCUT2D eigenvalue weighted by atomic mass is 32.2. The van der Waals surface area contributed by atoms with Gasteiger partial charge in [-0.25, -0.2) is 0 Å². The Kier molecular flexibility index (Phi) is 5.38. The number of fused-ring (bicyclic) bond motifs is 1. The van der Waals surface area contributed by atoms with E-state index >= 15 is 0 Å². The van der Waals surface area contributed by atoms with E-state index in [-0.39, 0.29) is 5.97 Å². The maximum absolute atomic E-state index is 11.4. The number of ether oxygens (including phenoxy) is 1. The zero-order chi connectivity index (χ0) is 14.4. The Hall–Kier alpha value is -1.59. The van der Waals surface area contributed by atoms with Crippen molar-refractivity contribution in [1.29, 1.82) is 0 Å². The largest absolute Gasteiger partial charge is 0.465 e. The van der Waals surface area contributed by atoms with Gasteiger partial charge in [0, 0.05) is 23.1 Å². The molecule has 1 heterocycles. The normalized spacial score (nSPS) is 12.3. The van der Waals surface area contributed by atoms with Gasteiger partial charge in [0.1, 0.15) is 6.04 Å². The lowest BCUT2D eigenvalue weighted by atomic mass is 10.1. The van der Waals surface area contributed by atoms with Gasteiger partial charge in [0.25, 0.3) is 0 Å². The molecule has 0 bridgehead atoms. The van der Waals surface area contributed by atoms with Crippen LogP contribution in [0.4, 0.5) is 0 Å². The third kappa shape index (κ3) is 3.95. The van der Waals surface area contributed by atoms with Crippen molar-refractivity contribution in [3.63, 3.8) is 0 Å². The molecule has 2 N–H and O–H groups in total. The molecule has 0 saturated carbocycles. The SMILES string of the molecule is CCOC(=O)C(N)CSCc1ccc2ncccc2c1. The standard InChI is InChI=1S/C15H18N2O2S/c1-2-19-15(18)13(16)10-20-9-11-5-6-14-12(8-11)4-3-7-17-14/h3-8,13H,2,9-10,16H2,1H3. The Morgan fingerprint density at radius 3 is 3.10 bits per heavy atom. The number of rotatable bonds is 6. The molecule has 0 amide bonds. The van der Waals surface area contributed by atoms with Crippen LogP contribution in [0.15, 0.2) is 36.5 Å². The van der Waals surface area contributed by atoms with Crippen molar-refractivity contribution in [2.45, 2.75) is 18.7 Å². The van der Waals surface area contributed by atoms with E-state index in [1.165, 1.54) is 5.56 Å². The Bertz CT molecular complexity index is 589. The number of nitrogens with two attached hydrogens (primary N) is 1. The van der Waals surface area contributed by atoms with E-state index < -0.39 is 6.04 Å². The molecule has 0 aliphatic carbocycles. The second-order valence-electron chi connectivity index (χ2n) is 4.40. The van der Waals surface area contributed by atoms with E-state index in [2.05, 4.69) is 17.1 Å². The minimum absolute atomic E-state index is 0.331. The molecular weight excluding hydrogens is 272 g/mol. The van der Waals surface area contributed by atoms with Gasteiger partial charge in [0.2, 0.25) is 0 Å².